The molecule has 0 unspecified atom stereocenters. The predicted molar refractivity (Wildman–Crippen MR) is 57.9 cm³/mol. The van der Waals surface area contributed by atoms with Crippen LogP contribution in [0.25, 0.3) is 0 Å². The standard InChI is InChI=1S/C9H9ClN2O2S/c10-7-2-1-6(15-7)5-12-4-3-8(13)11-9(12)14/h1-2H,3-5H2,(H,11,13,14). The molecule has 6 heteroatoms. The van der Waals surface area contributed by atoms with Crippen LogP contribution in [0.4, 0.5) is 4.79 Å². The van der Waals surface area contributed by atoms with Gasteiger partial charge in [-0.1, -0.05) is 11.6 Å². The molecule has 15 heavy (non-hydrogen) atoms. The van der Waals surface area contributed by atoms with E-state index >= 15 is 0 Å². The van der Waals surface area contributed by atoms with Crippen LogP contribution in [0.5, 0.6) is 0 Å². The topological polar surface area (TPSA) is 49.4 Å². The molecule has 3 amide bonds. The molecule has 1 aromatic heterocycles. The van der Waals surface area contributed by atoms with Crippen molar-refractivity contribution in [2.24, 2.45) is 0 Å². The summed E-state index contributed by atoms with van der Waals surface area (Å²) in [5, 5.41) is 2.28. The number of thiophene rings is 1. The zero-order valence-electron chi connectivity index (χ0n) is 7.83. The van der Waals surface area contributed by atoms with Gasteiger partial charge in [-0.25, -0.2) is 4.79 Å². The number of imide groups is 1. The number of rotatable bonds is 2. The molecule has 1 aliphatic rings. The van der Waals surface area contributed by atoms with E-state index in [-0.39, 0.29) is 11.9 Å². The number of urea groups is 1. The molecule has 2 heterocycles. The molecule has 1 fully saturated rings. The third-order valence-corrected chi connectivity index (χ3v) is 3.33. The van der Waals surface area contributed by atoms with Crippen LogP contribution in [0.15, 0.2) is 12.1 Å². The van der Waals surface area contributed by atoms with Crippen LogP contribution in [0, 0.1) is 0 Å². The summed E-state index contributed by atoms with van der Waals surface area (Å²) >= 11 is 7.23. The minimum atomic E-state index is -0.323. The van der Waals surface area contributed by atoms with Gasteiger partial charge in [0.25, 0.3) is 0 Å². The minimum Gasteiger partial charge on any atom is -0.319 e. The van der Waals surface area contributed by atoms with Crippen molar-refractivity contribution in [2.75, 3.05) is 6.54 Å². The first-order valence-corrected chi connectivity index (χ1v) is 5.67. The van der Waals surface area contributed by atoms with Gasteiger partial charge in [-0.05, 0) is 12.1 Å². The van der Waals surface area contributed by atoms with E-state index in [0.29, 0.717) is 23.8 Å². The number of hydrogen-bond acceptors (Lipinski definition) is 3. The molecule has 0 saturated carbocycles. The van der Waals surface area contributed by atoms with Crippen LogP contribution in [0.2, 0.25) is 4.34 Å². The number of carbonyl (C=O) groups is 2. The zero-order chi connectivity index (χ0) is 10.8. The van der Waals surface area contributed by atoms with Gasteiger partial charge in [-0.3, -0.25) is 10.1 Å². The van der Waals surface area contributed by atoms with Gasteiger partial charge in [0.2, 0.25) is 5.91 Å². The van der Waals surface area contributed by atoms with Gasteiger partial charge in [0.15, 0.2) is 0 Å². The quantitative estimate of drug-likeness (QED) is 0.863. The Kier molecular flexibility index (Phi) is 2.93. The van der Waals surface area contributed by atoms with Crippen LogP contribution < -0.4 is 5.32 Å². The Bertz CT molecular complexity index is 405. The van der Waals surface area contributed by atoms with E-state index in [1.807, 2.05) is 6.07 Å². The van der Waals surface area contributed by atoms with E-state index in [4.69, 9.17) is 11.6 Å². The van der Waals surface area contributed by atoms with Gasteiger partial charge in [0.1, 0.15) is 0 Å². The molecule has 0 radical (unpaired) electrons. The fraction of sp³-hybridized carbons (Fsp3) is 0.333. The molecule has 0 aromatic carbocycles. The van der Waals surface area contributed by atoms with Gasteiger partial charge in [0, 0.05) is 17.8 Å². The number of nitrogens with zero attached hydrogens (tertiary/aromatic N) is 1. The third-order valence-electron chi connectivity index (χ3n) is 2.12. The molecule has 80 valence electrons. The molecule has 0 spiro atoms. The maximum absolute atomic E-state index is 11.4. The Balaban J connectivity index is 2.00. The van der Waals surface area contributed by atoms with Crippen LogP contribution >= 0.6 is 22.9 Å². The van der Waals surface area contributed by atoms with E-state index in [9.17, 15) is 9.59 Å². The highest BCUT2D eigenvalue weighted by Crippen LogP contribution is 2.23. The zero-order valence-corrected chi connectivity index (χ0v) is 9.40. The highest BCUT2D eigenvalue weighted by Gasteiger charge is 2.22. The van der Waals surface area contributed by atoms with Crippen LogP contribution in [0.1, 0.15) is 11.3 Å². The van der Waals surface area contributed by atoms with Crippen molar-refractivity contribution in [1.29, 1.82) is 0 Å². The third kappa shape index (κ3) is 2.49. The Labute approximate surface area is 95.8 Å². The summed E-state index contributed by atoms with van der Waals surface area (Å²) < 4.78 is 0.707. The second kappa shape index (κ2) is 4.20. The maximum atomic E-state index is 11.4. The van der Waals surface area contributed by atoms with Crippen LogP contribution in [-0.2, 0) is 11.3 Å². The van der Waals surface area contributed by atoms with E-state index < -0.39 is 0 Å². The van der Waals surface area contributed by atoms with Crippen molar-refractivity contribution in [2.45, 2.75) is 13.0 Å². The number of hydrogen-bond donors (Lipinski definition) is 1. The summed E-state index contributed by atoms with van der Waals surface area (Å²) in [6, 6.07) is 3.36. The fourth-order valence-corrected chi connectivity index (χ4v) is 2.48. The fourth-order valence-electron chi connectivity index (χ4n) is 1.37. The molecule has 1 saturated heterocycles. The second-order valence-electron chi connectivity index (χ2n) is 3.23. The van der Waals surface area contributed by atoms with Gasteiger partial charge in [-0.2, -0.15) is 0 Å². The number of halogens is 1. The molecule has 1 N–H and O–H groups in total. The SMILES string of the molecule is O=C1CCN(Cc2ccc(Cl)s2)C(=O)N1. The molecule has 2 rings (SSSR count). The van der Waals surface area contributed by atoms with Crippen molar-refractivity contribution in [3.05, 3.63) is 21.3 Å². The normalized spacial score (nSPS) is 16.7. The average Bonchev–Trinajstić information content (AvgIpc) is 2.56. The number of nitrogens with one attached hydrogen (secondary N) is 1. The molecule has 0 atom stereocenters. The number of amides is 3. The van der Waals surface area contributed by atoms with Gasteiger partial charge < -0.3 is 4.90 Å². The second-order valence-corrected chi connectivity index (χ2v) is 5.03. The number of carbonyl (C=O) groups excluding carboxylic acids is 2. The smallest absolute Gasteiger partial charge is 0.319 e. The van der Waals surface area contributed by atoms with E-state index in [0.717, 1.165) is 4.88 Å². The first-order chi connectivity index (χ1) is 7.15. The lowest BCUT2D eigenvalue weighted by Crippen LogP contribution is -2.48. The van der Waals surface area contributed by atoms with Crippen LogP contribution in [0.3, 0.4) is 0 Å². The van der Waals surface area contributed by atoms with Crippen LogP contribution in [-0.4, -0.2) is 23.4 Å². The lowest BCUT2D eigenvalue weighted by molar-refractivity contribution is -0.121. The van der Waals surface area contributed by atoms with Crippen molar-refractivity contribution >= 4 is 34.9 Å². The molecular weight excluding hydrogens is 236 g/mol. The first-order valence-electron chi connectivity index (χ1n) is 4.48. The summed E-state index contributed by atoms with van der Waals surface area (Å²) in [4.78, 5) is 24.9. The van der Waals surface area contributed by atoms with E-state index in [1.54, 1.807) is 11.0 Å². The summed E-state index contributed by atoms with van der Waals surface area (Å²) in [6.07, 6.45) is 0.366. The van der Waals surface area contributed by atoms with E-state index in [1.165, 1.54) is 11.3 Å². The Hall–Kier alpha value is -1.07. The molecule has 0 aliphatic carbocycles. The molecule has 1 aromatic rings. The van der Waals surface area contributed by atoms with Crippen molar-refractivity contribution in [1.82, 2.24) is 10.2 Å². The van der Waals surface area contributed by atoms with Crippen molar-refractivity contribution in [3.63, 3.8) is 0 Å². The molecular formula is C9H9ClN2O2S. The van der Waals surface area contributed by atoms with Crippen molar-refractivity contribution < 1.29 is 9.59 Å². The Morgan fingerprint density at radius 3 is 2.87 bits per heavy atom. The summed E-state index contributed by atoms with van der Waals surface area (Å²) in [5.41, 5.74) is 0. The molecule has 1 aliphatic heterocycles. The maximum Gasteiger partial charge on any atom is 0.324 e. The van der Waals surface area contributed by atoms with Gasteiger partial charge in [0.05, 0.1) is 10.9 Å². The van der Waals surface area contributed by atoms with Crippen molar-refractivity contribution in [3.8, 4) is 0 Å². The Morgan fingerprint density at radius 2 is 2.27 bits per heavy atom. The highest BCUT2D eigenvalue weighted by molar-refractivity contribution is 7.16. The lowest BCUT2D eigenvalue weighted by Gasteiger charge is -2.25. The minimum absolute atomic E-state index is 0.208. The van der Waals surface area contributed by atoms with Gasteiger partial charge in [-0.15, -0.1) is 11.3 Å². The predicted octanol–water partition coefficient (Wildman–Crippen LogP) is 1.84. The summed E-state index contributed by atoms with van der Waals surface area (Å²) in [7, 11) is 0. The monoisotopic (exact) mass is 244 g/mol. The molecule has 4 nitrogen and oxygen atoms in total. The van der Waals surface area contributed by atoms with Gasteiger partial charge >= 0.3 is 6.03 Å². The highest BCUT2D eigenvalue weighted by atomic mass is 35.5. The average molecular weight is 245 g/mol. The first kappa shape index (κ1) is 10.4. The lowest BCUT2D eigenvalue weighted by atomic mass is 10.3. The van der Waals surface area contributed by atoms with E-state index in [2.05, 4.69) is 5.32 Å². The summed E-state index contributed by atoms with van der Waals surface area (Å²) in [5.74, 6) is -0.208. The summed E-state index contributed by atoms with van der Waals surface area (Å²) in [6.45, 7) is 0.983. The Morgan fingerprint density at radius 1 is 1.47 bits per heavy atom. The molecule has 0 bridgehead atoms. The largest absolute Gasteiger partial charge is 0.324 e.